The van der Waals surface area contributed by atoms with E-state index in [1.165, 1.54) is 0 Å². The number of nitrogens with two attached hydrogens (primary N) is 1. The first-order chi connectivity index (χ1) is 9.93. The van der Waals surface area contributed by atoms with Crippen LogP contribution in [-0.4, -0.2) is 44.2 Å². The molecular formula is C17H28FN3. The van der Waals surface area contributed by atoms with Gasteiger partial charge < -0.3 is 15.5 Å². The summed E-state index contributed by atoms with van der Waals surface area (Å²) in [4.78, 5) is 4.58. The van der Waals surface area contributed by atoms with Crippen LogP contribution < -0.4 is 10.6 Å². The minimum absolute atomic E-state index is 0.0188. The van der Waals surface area contributed by atoms with E-state index >= 15 is 0 Å². The molecule has 3 atom stereocenters. The van der Waals surface area contributed by atoms with Crippen molar-refractivity contribution in [1.82, 2.24) is 4.90 Å². The maximum absolute atomic E-state index is 14.3. The van der Waals surface area contributed by atoms with E-state index in [4.69, 9.17) is 5.73 Å². The van der Waals surface area contributed by atoms with Gasteiger partial charge in [0.1, 0.15) is 5.82 Å². The van der Waals surface area contributed by atoms with Crippen LogP contribution in [0.2, 0.25) is 0 Å². The average Bonchev–Trinajstić information content (AvgIpc) is 2.83. The lowest BCUT2D eigenvalue weighted by Crippen LogP contribution is -2.34. The Kier molecular flexibility index (Phi) is 5.22. The highest BCUT2D eigenvalue weighted by molar-refractivity contribution is 5.55. The van der Waals surface area contributed by atoms with Gasteiger partial charge in [0, 0.05) is 36.4 Å². The molecule has 1 fully saturated rings. The molecule has 1 aromatic carbocycles. The fraction of sp³-hybridized carbons (Fsp3) is 0.647. The molecule has 2 N–H and O–H groups in total. The molecule has 2 rings (SSSR count). The molecule has 4 heteroatoms. The number of hydrogen-bond acceptors (Lipinski definition) is 3. The van der Waals surface area contributed by atoms with E-state index in [-0.39, 0.29) is 11.9 Å². The average molecular weight is 293 g/mol. The highest BCUT2D eigenvalue weighted by atomic mass is 19.1. The van der Waals surface area contributed by atoms with Crippen molar-refractivity contribution in [3.8, 4) is 0 Å². The van der Waals surface area contributed by atoms with Crippen LogP contribution in [0.3, 0.4) is 0 Å². The Balaban J connectivity index is 2.26. The second kappa shape index (κ2) is 6.75. The summed E-state index contributed by atoms with van der Waals surface area (Å²) < 4.78 is 14.3. The number of benzene rings is 1. The topological polar surface area (TPSA) is 32.5 Å². The van der Waals surface area contributed by atoms with Crippen LogP contribution >= 0.6 is 0 Å². The van der Waals surface area contributed by atoms with Crippen LogP contribution in [-0.2, 0) is 6.42 Å². The first-order valence-corrected chi connectivity index (χ1v) is 7.88. The Bertz CT molecular complexity index is 475. The van der Waals surface area contributed by atoms with E-state index in [0.29, 0.717) is 18.4 Å². The summed E-state index contributed by atoms with van der Waals surface area (Å²) in [7, 11) is 4.23. The van der Waals surface area contributed by atoms with Crippen LogP contribution in [0.15, 0.2) is 18.2 Å². The number of halogens is 1. The van der Waals surface area contributed by atoms with E-state index in [0.717, 1.165) is 30.8 Å². The number of anilines is 1. The van der Waals surface area contributed by atoms with Gasteiger partial charge in [-0.2, -0.15) is 0 Å². The van der Waals surface area contributed by atoms with Crippen molar-refractivity contribution in [1.29, 1.82) is 0 Å². The summed E-state index contributed by atoms with van der Waals surface area (Å²) >= 11 is 0. The fourth-order valence-electron chi connectivity index (χ4n) is 3.27. The molecule has 118 valence electrons. The monoisotopic (exact) mass is 293 g/mol. The summed E-state index contributed by atoms with van der Waals surface area (Å²) in [5.41, 5.74) is 7.85. The van der Waals surface area contributed by atoms with E-state index in [2.05, 4.69) is 30.8 Å². The maximum atomic E-state index is 14.3. The minimum atomic E-state index is -0.127. The van der Waals surface area contributed by atoms with Crippen molar-refractivity contribution < 1.29 is 4.39 Å². The van der Waals surface area contributed by atoms with Crippen LogP contribution in [0.4, 0.5) is 10.1 Å². The molecule has 0 aliphatic carbocycles. The molecule has 1 aliphatic rings. The predicted octanol–water partition coefficient (Wildman–Crippen LogP) is 2.49. The van der Waals surface area contributed by atoms with Gasteiger partial charge in [-0.05, 0) is 45.0 Å². The molecule has 1 aromatic rings. The summed E-state index contributed by atoms with van der Waals surface area (Å²) in [6.45, 7) is 6.24. The standard InChI is InChI=1S/C17H28FN3/c1-5-13(19)9-14-15(18)7-6-8-16(14)21-10-12(2)17(11-21)20(3)4/h6-8,12-13,17H,5,9-11,19H2,1-4H3. The molecule has 1 heterocycles. The first kappa shape index (κ1) is 16.2. The molecule has 1 saturated heterocycles. The fourth-order valence-corrected chi connectivity index (χ4v) is 3.27. The van der Waals surface area contributed by atoms with Crippen molar-refractivity contribution in [3.63, 3.8) is 0 Å². The van der Waals surface area contributed by atoms with Crippen LogP contribution in [0, 0.1) is 11.7 Å². The van der Waals surface area contributed by atoms with Crippen molar-refractivity contribution in [2.45, 2.75) is 38.8 Å². The van der Waals surface area contributed by atoms with Gasteiger partial charge in [0.05, 0.1) is 0 Å². The lowest BCUT2D eigenvalue weighted by Gasteiger charge is -2.25. The second-order valence-electron chi connectivity index (χ2n) is 6.52. The Labute approximate surface area is 127 Å². The van der Waals surface area contributed by atoms with Gasteiger partial charge in [-0.3, -0.25) is 0 Å². The predicted molar refractivity (Wildman–Crippen MR) is 87.2 cm³/mol. The molecule has 1 aliphatic heterocycles. The van der Waals surface area contributed by atoms with Gasteiger partial charge in [-0.15, -0.1) is 0 Å². The smallest absolute Gasteiger partial charge is 0.128 e. The van der Waals surface area contributed by atoms with E-state index < -0.39 is 0 Å². The van der Waals surface area contributed by atoms with Gasteiger partial charge >= 0.3 is 0 Å². The van der Waals surface area contributed by atoms with E-state index in [1.54, 1.807) is 12.1 Å². The van der Waals surface area contributed by atoms with Gasteiger partial charge in [0.15, 0.2) is 0 Å². The largest absolute Gasteiger partial charge is 0.369 e. The van der Waals surface area contributed by atoms with Crippen molar-refractivity contribution in [2.75, 3.05) is 32.1 Å². The van der Waals surface area contributed by atoms with E-state index in [1.807, 2.05) is 13.0 Å². The maximum Gasteiger partial charge on any atom is 0.128 e. The minimum Gasteiger partial charge on any atom is -0.369 e. The molecule has 3 unspecified atom stereocenters. The Morgan fingerprint density at radius 2 is 2.10 bits per heavy atom. The van der Waals surface area contributed by atoms with Crippen LogP contribution in [0.25, 0.3) is 0 Å². The first-order valence-electron chi connectivity index (χ1n) is 7.88. The number of rotatable bonds is 5. The lowest BCUT2D eigenvalue weighted by atomic mass is 10.0. The third kappa shape index (κ3) is 3.55. The molecule has 0 bridgehead atoms. The quantitative estimate of drug-likeness (QED) is 0.905. The third-order valence-corrected chi connectivity index (χ3v) is 4.66. The highest BCUT2D eigenvalue weighted by Crippen LogP contribution is 2.31. The lowest BCUT2D eigenvalue weighted by molar-refractivity contribution is 0.266. The molecule has 0 radical (unpaired) electrons. The summed E-state index contributed by atoms with van der Waals surface area (Å²) in [5.74, 6) is 0.452. The van der Waals surface area contributed by atoms with Crippen molar-refractivity contribution in [3.05, 3.63) is 29.6 Å². The molecule has 21 heavy (non-hydrogen) atoms. The third-order valence-electron chi connectivity index (χ3n) is 4.66. The molecule has 0 aromatic heterocycles. The highest BCUT2D eigenvalue weighted by Gasteiger charge is 2.32. The number of hydrogen-bond donors (Lipinski definition) is 1. The van der Waals surface area contributed by atoms with Gasteiger partial charge in [0.2, 0.25) is 0 Å². The molecule has 0 spiro atoms. The zero-order chi connectivity index (χ0) is 15.6. The molecular weight excluding hydrogens is 265 g/mol. The second-order valence-corrected chi connectivity index (χ2v) is 6.52. The van der Waals surface area contributed by atoms with Gasteiger partial charge in [-0.1, -0.05) is 19.9 Å². The van der Waals surface area contributed by atoms with Gasteiger partial charge in [-0.25, -0.2) is 4.39 Å². The Hall–Kier alpha value is -1.13. The van der Waals surface area contributed by atoms with E-state index in [9.17, 15) is 4.39 Å². The van der Waals surface area contributed by atoms with Crippen LogP contribution in [0.5, 0.6) is 0 Å². The zero-order valence-corrected chi connectivity index (χ0v) is 13.6. The summed E-state index contributed by atoms with van der Waals surface area (Å²) in [5, 5.41) is 0. The SMILES string of the molecule is CCC(N)Cc1c(F)cccc1N1CC(C)C(N(C)C)C1. The van der Waals surface area contributed by atoms with Crippen LogP contribution in [0.1, 0.15) is 25.8 Å². The Morgan fingerprint density at radius 3 is 2.67 bits per heavy atom. The molecule has 3 nitrogen and oxygen atoms in total. The molecule has 0 saturated carbocycles. The summed E-state index contributed by atoms with van der Waals surface area (Å²) in [6.07, 6.45) is 1.47. The summed E-state index contributed by atoms with van der Waals surface area (Å²) in [6, 6.07) is 5.92. The Morgan fingerprint density at radius 1 is 1.38 bits per heavy atom. The number of nitrogens with zero attached hydrogens (tertiary/aromatic N) is 2. The zero-order valence-electron chi connectivity index (χ0n) is 13.6. The molecule has 0 amide bonds. The normalized spacial score (nSPS) is 23.9. The van der Waals surface area contributed by atoms with Crippen molar-refractivity contribution >= 4 is 5.69 Å². The number of likely N-dealkylation sites (N-methyl/N-ethyl adjacent to an activating group) is 1. The van der Waals surface area contributed by atoms with Crippen molar-refractivity contribution in [2.24, 2.45) is 11.7 Å². The van der Waals surface area contributed by atoms with Gasteiger partial charge in [0.25, 0.3) is 0 Å².